The normalized spacial score (nSPS) is 10.6. The molecule has 0 amide bonds. The lowest BCUT2D eigenvalue weighted by Gasteiger charge is -2.10. The van der Waals surface area contributed by atoms with E-state index in [2.05, 4.69) is 0 Å². The molecule has 0 aliphatic heterocycles. The molecule has 0 saturated heterocycles. The molecule has 0 unspecified atom stereocenters. The molecule has 0 spiro atoms. The Bertz CT molecular complexity index is 704. The Morgan fingerprint density at radius 3 is 2.43 bits per heavy atom. The SMILES string of the molecule is CCOC(=O)C=Cc1cccc(-c2ccc(OC)c(OC)c2)c1. The molecule has 0 atom stereocenters. The van der Waals surface area contributed by atoms with Crippen LogP contribution in [0, 0.1) is 0 Å². The molecule has 2 aromatic rings. The van der Waals surface area contributed by atoms with E-state index in [0.717, 1.165) is 16.7 Å². The summed E-state index contributed by atoms with van der Waals surface area (Å²) in [4.78, 5) is 11.4. The fraction of sp³-hybridized carbons (Fsp3) is 0.211. The van der Waals surface area contributed by atoms with Crippen LogP contribution in [-0.4, -0.2) is 26.8 Å². The van der Waals surface area contributed by atoms with Gasteiger partial charge in [-0.1, -0.05) is 24.3 Å². The van der Waals surface area contributed by atoms with Gasteiger partial charge in [0.05, 0.1) is 20.8 Å². The topological polar surface area (TPSA) is 44.8 Å². The molecule has 0 heterocycles. The first-order valence-electron chi connectivity index (χ1n) is 7.35. The van der Waals surface area contributed by atoms with Crippen molar-refractivity contribution < 1.29 is 19.0 Å². The number of ether oxygens (including phenoxy) is 3. The van der Waals surface area contributed by atoms with Crippen LogP contribution in [0.25, 0.3) is 17.2 Å². The van der Waals surface area contributed by atoms with E-state index in [0.29, 0.717) is 18.1 Å². The summed E-state index contributed by atoms with van der Waals surface area (Å²) < 4.78 is 15.5. The zero-order valence-corrected chi connectivity index (χ0v) is 13.5. The molecule has 4 heteroatoms. The van der Waals surface area contributed by atoms with Crippen molar-refractivity contribution in [2.24, 2.45) is 0 Å². The van der Waals surface area contributed by atoms with Crippen LogP contribution in [0.2, 0.25) is 0 Å². The van der Waals surface area contributed by atoms with Gasteiger partial charge in [0, 0.05) is 6.08 Å². The van der Waals surface area contributed by atoms with Crippen molar-refractivity contribution >= 4 is 12.0 Å². The molecule has 0 aliphatic rings. The number of carbonyl (C=O) groups excluding carboxylic acids is 1. The lowest BCUT2D eigenvalue weighted by atomic mass is 10.0. The largest absolute Gasteiger partial charge is 0.493 e. The van der Waals surface area contributed by atoms with Crippen LogP contribution in [0.4, 0.5) is 0 Å². The third-order valence-electron chi connectivity index (χ3n) is 3.30. The molecule has 0 saturated carbocycles. The van der Waals surface area contributed by atoms with Gasteiger partial charge in [-0.15, -0.1) is 0 Å². The lowest BCUT2D eigenvalue weighted by Crippen LogP contribution is -1.98. The van der Waals surface area contributed by atoms with Crippen molar-refractivity contribution in [1.82, 2.24) is 0 Å². The summed E-state index contributed by atoms with van der Waals surface area (Å²) in [6, 6.07) is 13.6. The fourth-order valence-corrected chi connectivity index (χ4v) is 2.19. The summed E-state index contributed by atoms with van der Waals surface area (Å²) >= 11 is 0. The maximum Gasteiger partial charge on any atom is 0.330 e. The summed E-state index contributed by atoms with van der Waals surface area (Å²) in [5.41, 5.74) is 2.95. The quantitative estimate of drug-likeness (QED) is 0.598. The smallest absolute Gasteiger partial charge is 0.330 e. The summed E-state index contributed by atoms with van der Waals surface area (Å²) in [5.74, 6) is 1.02. The first-order valence-corrected chi connectivity index (χ1v) is 7.35. The number of methoxy groups -OCH3 is 2. The number of hydrogen-bond donors (Lipinski definition) is 0. The maximum absolute atomic E-state index is 11.4. The predicted octanol–water partition coefficient (Wildman–Crippen LogP) is 3.95. The Kier molecular flexibility index (Phi) is 5.80. The lowest BCUT2D eigenvalue weighted by molar-refractivity contribution is -0.137. The Labute approximate surface area is 136 Å². The summed E-state index contributed by atoms with van der Waals surface area (Å²) in [7, 11) is 3.22. The number of esters is 1. The Hall–Kier alpha value is -2.75. The van der Waals surface area contributed by atoms with Gasteiger partial charge in [-0.2, -0.15) is 0 Å². The minimum atomic E-state index is -0.344. The van der Waals surface area contributed by atoms with Crippen molar-refractivity contribution in [2.75, 3.05) is 20.8 Å². The Morgan fingerprint density at radius 1 is 1.00 bits per heavy atom. The fourth-order valence-electron chi connectivity index (χ4n) is 2.19. The monoisotopic (exact) mass is 312 g/mol. The van der Waals surface area contributed by atoms with Gasteiger partial charge in [-0.25, -0.2) is 4.79 Å². The van der Waals surface area contributed by atoms with Crippen molar-refractivity contribution in [1.29, 1.82) is 0 Å². The average Bonchev–Trinajstić information content (AvgIpc) is 2.60. The standard InChI is InChI=1S/C19H20O4/c1-4-23-19(20)11-8-14-6-5-7-15(12-14)16-9-10-17(21-2)18(13-16)22-3/h5-13H,4H2,1-3H3. The van der Waals surface area contributed by atoms with Gasteiger partial charge in [-0.05, 0) is 47.9 Å². The minimum Gasteiger partial charge on any atom is -0.493 e. The van der Waals surface area contributed by atoms with Gasteiger partial charge in [0.1, 0.15) is 0 Å². The van der Waals surface area contributed by atoms with Crippen molar-refractivity contribution in [3.05, 3.63) is 54.1 Å². The van der Waals surface area contributed by atoms with Gasteiger partial charge in [0.25, 0.3) is 0 Å². The zero-order chi connectivity index (χ0) is 16.7. The van der Waals surface area contributed by atoms with Gasteiger partial charge in [0.2, 0.25) is 0 Å². The zero-order valence-electron chi connectivity index (χ0n) is 13.5. The molecule has 2 rings (SSSR count). The van der Waals surface area contributed by atoms with Crippen LogP contribution in [0.15, 0.2) is 48.5 Å². The van der Waals surface area contributed by atoms with Crippen LogP contribution in [-0.2, 0) is 9.53 Å². The summed E-state index contributed by atoms with van der Waals surface area (Å²) in [5, 5.41) is 0. The molecule has 0 N–H and O–H groups in total. The molecule has 0 bridgehead atoms. The number of benzene rings is 2. The third kappa shape index (κ3) is 4.36. The molecule has 0 fully saturated rings. The molecule has 0 radical (unpaired) electrons. The van der Waals surface area contributed by atoms with E-state index in [1.165, 1.54) is 6.08 Å². The molecular weight excluding hydrogens is 292 g/mol. The van der Waals surface area contributed by atoms with Gasteiger partial charge in [-0.3, -0.25) is 0 Å². The second-order valence-corrected chi connectivity index (χ2v) is 4.78. The molecule has 0 aliphatic carbocycles. The molecule has 4 nitrogen and oxygen atoms in total. The first kappa shape index (κ1) is 16.6. The minimum absolute atomic E-state index is 0.344. The predicted molar refractivity (Wildman–Crippen MR) is 90.6 cm³/mol. The maximum atomic E-state index is 11.4. The highest BCUT2D eigenvalue weighted by molar-refractivity contribution is 5.87. The second-order valence-electron chi connectivity index (χ2n) is 4.78. The van der Waals surface area contributed by atoms with E-state index >= 15 is 0 Å². The van der Waals surface area contributed by atoms with E-state index in [-0.39, 0.29) is 5.97 Å². The highest BCUT2D eigenvalue weighted by Gasteiger charge is 2.06. The summed E-state index contributed by atoms with van der Waals surface area (Å²) in [6.45, 7) is 2.15. The van der Waals surface area contributed by atoms with E-state index < -0.39 is 0 Å². The van der Waals surface area contributed by atoms with Crippen LogP contribution < -0.4 is 9.47 Å². The third-order valence-corrected chi connectivity index (χ3v) is 3.30. The van der Waals surface area contributed by atoms with Crippen LogP contribution in [0.5, 0.6) is 11.5 Å². The summed E-state index contributed by atoms with van der Waals surface area (Å²) in [6.07, 6.45) is 3.17. The number of carbonyl (C=O) groups is 1. The van der Waals surface area contributed by atoms with Gasteiger partial charge in [0.15, 0.2) is 11.5 Å². The molecule has 2 aromatic carbocycles. The highest BCUT2D eigenvalue weighted by atomic mass is 16.5. The van der Waals surface area contributed by atoms with Crippen LogP contribution in [0.3, 0.4) is 0 Å². The van der Waals surface area contributed by atoms with E-state index in [4.69, 9.17) is 14.2 Å². The second kappa shape index (κ2) is 8.03. The molecule has 120 valence electrons. The Morgan fingerprint density at radius 2 is 1.74 bits per heavy atom. The number of hydrogen-bond acceptors (Lipinski definition) is 4. The van der Waals surface area contributed by atoms with E-state index in [9.17, 15) is 4.79 Å². The van der Waals surface area contributed by atoms with E-state index in [1.807, 2.05) is 42.5 Å². The van der Waals surface area contributed by atoms with E-state index in [1.54, 1.807) is 27.2 Å². The molecule has 23 heavy (non-hydrogen) atoms. The highest BCUT2D eigenvalue weighted by Crippen LogP contribution is 2.32. The first-order chi connectivity index (χ1) is 11.2. The van der Waals surface area contributed by atoms with Crippen molar-refractivity contribution in [3.63, 3.8) is 0 Å². The van der Waals surface area contributed by atoms with Crippen molar-refractivity contribution in [3.8, 4) is 22.6 Å². The van der Waals surface area contributed by atoms with Gasteiger partial charge >= 0.3 is 5.97 Å². The van der Waals surface area contributed by atoms with Crippen LogP contribution >= 0.6 is 0 Å². The average molecular weight is 312 g/mol. The van der Waals surface area contributed by atoms with Gasteiger partial charge < -0.3 is 14.2 Å². The molecule has 0 aromatic heterocycles. The Balaban J connectivity index is 2.27. The number of rotatable bonds is 6. The van der Waals surface area contributed by atoms with Crippen LogP contribution in [0.1, 0.15) is 12.5 Å². The molecular formula is C19H20O4. The van der Waals surface area contributed by atoms with Crippen molar-refractivity contribution in [2.45, 2.75) is 6.92 Å².